The molecule has 1 aromatic heterocycles. The third-order valence-electron chi connectivity index (χ3n) is 1.79. The van der Waals surface area contributed by atoms with Gasteiger partial charge in [0, 0.05) is 13.0 Å². The van der Waals surface area contributed by atoms with E-state index in [2.05, 4.69) is 15.5 Å². The predicted octanol–water partition coefficient (Wildman–Crippen LogP) is 1.65. The van der Waals surface area contributed by atoms with Gasteiger partial charge in [-0.05, 0) is 18.1 Å². The van der Waals surface area contributed by atoms with Crippen molar-refractivity contribution >= 4 is 23.4 Å². The summed E-state index contributed by atoms with van der Waals surface area (Å²) in [6.45, 7) is 2.40. The standard InChI is InChI=1S/C9H12ClN3O2/c1-6(4-9(14)15)5-11-8-3-2-7(10)12-13-8/h2-3,6H,4-5H2,1H3,(H,11,13)(H,14,15). The fourth-order valence-electron chi connectivity index (χ4n) is 1.06. The molecule has 15 heavy (non-hydrogen) atoms. The van der Waals surface area contributed by atoms with Crippen LogP contribution in [0.3, 0.4) is 0 Å². The second-order valence-corrected chi connectivity index (χ2v) is 3.71. The topological polar surface area (TPSA) is 75.1 Å². The van der Waals surface area contributed by atoms with E-state index < -0.39 is 5.97 Å². The maximum Gasteiger partial charge on any atom is 0.303 e. The molecular formula is C9H12ClN3O2. The normalized spacial score (nSPS) is 12.1. The summed E-state index contributed by atoms with van der Waals surface area (Å²) in [4.78, 5) is 10.4. The summed E-state index contributed by atoms with van der Waals surface area (Å²) in [5, 5.41) is 19.3. The Morgan fingerprint density at radius 1 is 1.60 bits per heavy atom. The molecule has 0 saturated heterocycles. The van der Waals surface area contributed by atoms with Gasteiger partial charge >= 0.3 is 5.97 Å². The molecule has 6 heteroatoms. The molecule has 2 N–H and O–H groups in total. The van der Waals surface area contributed by atoms with Crippen molar-refractivity contribution in [3.8, 4) is 0 Å². The molecule has 1 aromatic rings. The molecule has 0 saturated carbocycles. The Kier molecular flexibility index (Phi) is 4.30. The van der Waals surface area contributed by atoms with Crippen LogP contribution in [0.5, 0.6) is 0 Å². The van der Waals surface area contributed by atoms with Gasteiger partial charge in [-0.15, -0.1) is 10.2 Å². The van der Waals surface area contributed by atoms with Gasteiger partial charge in [0.25, 0.3) is 0 Å². The zero-order valence-electron chi connectivity index (χ0n) is 8.27. The van der Waals surface area contributed by atoms with Gasteiger partial charge in [-0.2, -0.15) is 0 Å². The first-order valence-electron chi connectivity index (χ1n) is 4.53. The van der Waals surface area contributed by atoms with Crippen molar-refractivity contribution in [3.63, 3.8) is 0 Å². The molecule has 1 unspecified atom stereocenters. The van der Waals surface area contributed by atoms with Crippen molar-refractivity contribution in [2.45, 2.75) is 13.3 Å². The molecule has 0 aliphatic heterocycles. The van der Waals surface area contributed by atoms with Crippen molar-refractivity contribution in [2.75, 3.05) is 11.9 Å². The minimum absolute atomic E-state index is 0.0416. The minimum Gasteiger partial charge on any atom is -0.481 e. The van der Waals surface area contributed by atoms with Gasteiger partial charge in [0.2, 0.25) is 0 Å². The van der Waals surface area contributed by atoms with Gasteiger partial charge < -0.3 is 10.4 Å². The zero-order chi connectivity index (χ0) is 11.3. The van der Waals surface area contributed by atoms with Gasteiger partial charge in [0.15, 0.2) is 5.15 Å². The summed E-state index contributed by atoms with van der Waals surface area (Å²) in [5.74, 6) is -0.164. The molecule has 1 heterocycles. The van der Waals surface area contributed by atoms with Crippen LogP contribution in [0.25, 0.3) is 0 Å². The lowest BCUT2D eigenvalue weighted by Gasteiger charge is -2.09. The lowest BCUT2D eigenvalue weighted by atomic mass is 10.1. The molecule has 0 aliphatic rings. The SMILES string of the molecule is CC(CNc1ccc(Cl)nn1)CC(=O)O. The monoisotopic (exact) mass is 229 g/mol. The number of nitrogens with one attached hydrogen (secondary N) is 1. The van der Waals surface area contributed by atoms with Gasteiger partial charge in [-0.3, -0.25) is 4.79 Å². The van der Waals surface area contributed by atoms with Crippen LogP contribution in [0.1, 0.15) is 13.3 Å². The summed E-state index contributed by atoms with van der Waals surface area (Å²) in [6.07, 6.45) is 0.133. The maximum atomic E-state index is 10.4. The van der Waals surface area contributed by atoms with Gasteiger partial charge in [-0.25, -0.2) is 0 Å². The molecule has 0 aromatic carbocycles. The molecule has 0 fully saturated rings. The second-order valence-electron chi connectivity index (χ2n) is 3.33. The lowest BCUT2D eigenvalue weighted by Crippen LogP contribution is -2.15. The van der Waals surface area contributed by atoms with E-state index >= 15 is 0 Å². The molecule has 5 nitrogen and oxygen atoms in total. The zero-order valence-corrected chi connectivity index (χ0v) is 9.03. The Morgan fingerprint density at radius 2 is 2.33 bits per heavy atom. The van der Waals surface area contributed by atoms with Crippen molar-refractivity contribution in [3.05, 3.63) is 17.3 Å². The first-order valence-corrected chi connectivity index (χ1v) is 4.90. The Bertz CT molecular complexity index is 329. The molecule has 0 radical (unpaired) electrons. The van der Waals surface area contributed by atoms with Crippen LogP contribution in [0.15, 0.2) is 12.1 Å². The van der Waals surface area contributed by atoms with Crippen LogP contribution >= 0.6 is 11.6 Å². The van der Waals surface area contributed by atoms with E-state index in [1.807, 2.05) is 6.92 Å². The Balaban J connectivity index is 2.36. The van der Waals surface area contributed by atoms with Crippen LogP contribution in [0, 0.1) is 5.92 Å². The van der Waals surface area contributed by atoms with Crippen molar-refractivity contribution in [1.82, 2.24) is 10.2 Å². The van der Waals surface area contributed by atoms with Crippen LogP contribution in [0.4, 0.5) is 5.82 Å². The summed E-state index contributed by atoms with van der Waals surface area (Å²) < 4.78 is 0. The average molecular weight is 230 g/mol. The van der Waals surface area contributed by atoms with Crippen LogP contribution in [-0.4, -0.2) is 27.8 Å². The first-order chi connectivity index (χ1) is 7.08. The second kappa shape index (κ2) is 5.50. The van der Waals surface area contributed by atoms with E-state index in [9.17, 15) is 4.79 Å². The summed E-state index contributed by atoms with van der Waals surface area (Å²) in [7, 11) is 0. The number of aromatic nitrogens is 2. The highest BCUT2D eigenvalue weighted by molar-refractivity contribution is 6.29. The molecule has 82 valence electrons. The molecule has 0 bridgehead atoms. The number of hydrogen-bond donors (Lipinski definition) is 2. The number of hydrogen-bond acceptors (Lipinski definition) is 4. The quantitative estimate of drug-likeness (QED) is 0.803. The highest BCUT2D eigenvalue weighted by Crippen LogP contribution is 2.08. The molecule has 1 rings (SSSR count). The number of halogens is 1. The van der Waals surface area contributed by atoms with E-state index in [-0.39, 0.29) is 12.3 Å². The first kappa shape index (κ1) is 11.7. The van der Waals surface area contributed by atoms with E-state index in [1.54, 1.807) is 12.1 Å². The lowest BCUT2D eigenvalue weighted by molar-refractivity contribution is -0.137. The number of nitrogens with zero attached hydrogens (tertiary/aromatic N) is 2. The minimum atomic E-state index is -0.800. The van der Waals surface area contributed by atoms with Crippen LogP contribution in [0.2, 0.25) is 5.15 Å². The number of carboxylic acids is 1. The summed E-state index contributed by atoms with van der Waals surface area (Å²) in [6, 6.07) is 3.32. The predicted molar refractivity (Wildman–Crippen MR) is 56.9 cm³/mol. The highest BCUT2D eigenvalue weighted by Gasteiger charge is 2.07. The van der Waals surface area contributed by atoms with Gasteiger partial charge in [0.05, 0.1) is 0 Å². The van der Waals surface area contributed by atoms with E-state index in [4.69, 9.17) is 16.7 Å². The fourth-order valence-corrected chi connectivity index (χ4v) is 1.16. The summed E-state index contributed by atoms with van der Waals surface area (Å²) >= 11 is 5.56. The number of anilines is 1. The molecule has 0 amide bonds. The number of rotatable bonds is 5. The Morgan fingerprint density at radius 3 is 2.87 bits per heavy atom. The van der Waals surface area contributed by atoms with Crippen molar-refractivity contribution in [1.29, 1.82) is 0 Å². The highest BCUT2D eigenvalue weighted by atomic mass is 35.5. The van der Waals surface area contributed by atoms with Gasteiger partial charge in [-0.1, -0.05) is 18.5 Å². The van der Waals surface area contributed by atoms with Crippen LogP contribution < -0.4 is 5.32 Å². The smallest absolute Gasteiger partial charge is 0.303 e. The summed E-state index contributed by atoms with van der Waals surface area (Å²) in [5.41, 5.74) is 0. The third-order valence-corrected chi connectivity index (χ3v) is 1.99. The Labute approximate surface area is 92.5 Å². The maximum absolute atomic E-state index is 10.4. The number of carboxylic acid groups (broad SMARTS) is 1. The van der Waals surface area contributed by atoms with E-state index in [1.165, 1.54) is 0 Å². The molecule has 1 atom stereocenters. The van der Waals surface area contributed by atoms with E-state index in [0.29, 0.717) is 17.5 Å². The van der Waals surface area contributed by atoms with Crippen LogP contribution in [-0.2, 0) is 4.79 Å². The number of carbonyl (C=O) groups is 1. The number of aliphatic carboxylic acids is 1. The molecular weight excluding hydrogens is 218 g/mol. The van der Waals surface area contributed by atoms with E-state index in [0.717, 1.165) is 0 Å². The third kappa shape index (κ3) is 4.60. The molecule has 0 aliphatic carbocycles. The fraction of sp³-hybridized carbons (Fsp3) is 0.444. The largest absolute Gasteiger partial charge is 0.481 e. The van der Waals surface area contributed by atoms with Crippen molar-refractivity contribution < 1.29 is 9.90 Å². The molecule has 0 spiro atoms. The van der Waals surface area contributed by atoms with Crippen molar-refractivity contribution in [2.24, 2.45) is 5.92 Å². The van der Waals surface area contributed by atoms with Gasteiger partial charge in [0.1, 0.15) is 5.82 Å². The average Bonchev–Trinajstić information content (AvgIpc) is 2.16. The Hall–Kier alpha value is -1.36.